The van der Waals surface area contributed by atoms with Crippen LogP contribution in [0.3, 0.4) is 0 Å². The molecule has 1 aliphatic rings. The lowest BCUT2D eigenvalue weighted by molar-refractivity contribution is -0.0178. The highest BCUT2D eigenvalue weighted by molar-refractivity contribution is 4.79. The van der Waals surface area contributed by atoms with Gasteiger partial charge in [0.1, 0.15) is 0 Å². The molecule has 3 heteroatoms. The maximum atomic E-state index is 9.48. The van der Waals surface area contributed by atoms with Gasteiger partial charge in [-0.2, -0.15) is 0 Å². The van der Waals surface area contributed by atoms with Crippen LogP contribution in [0.5, 0.6) is 0 Å². The Morgan fingerprint density at radius 3 is 2.82 bits per heavy atom. The normalized spacial score (nSPS) is 32.7. The van der Waals surface area contributed by atoms with Crippen LogP contribution in [0.4, 0.5) is 0 Å². The third-order valence-corrected chi connectivity index (χ3v) is 1.87. The Labute approximate surface area is 67.7 Å². The molecular weight excluding hydrogens is 142 g/mol. The zero-order chi connectivity index (χ0) is 8.27. The zero-order valence-electron chi connectivity index (χ0n) is 7.21. The van der Waals surface area contributed by atoms with Crippen LogP contribution in [-0.4, -0.2) is 36.5 Å². The second-order valence-electron chi connectivity index (χ2n) is 3.36. The molecule has 1 fully saturated rings. The first-order valence-corrected chi connectivity index (χ1v) is 4.22. The van der Waals surface area contributed by atoms with Crippen LogP contribution in [0.2, 0.25) is 0 Å². The van der Waals surface area contributed by atoms with Crippen molar-refractivity contribution < 1.29 is 9.84 Å². The molecule has 11 heavy (non-hydrogen) atoms. The van der Waals surface area contributed by atoms with Gasteiger partial charge in [0.15, 0.2) is 0 Å². The van der Waals surface area contributed by atoms with Gasteiger partial charge in [-0.1, -0.05) is 13.8 Å². The second-order valence-corrected chi connectivity index (χ2v) is 3.36. The van der Waals surface area contributed by atoms with Crippen molar-refractivity contribution in [3.05, 3.63) is 0 Å². The Kier molecular flexibility index (Phi) is 3.30. The first kappa shape index (κ1) is 8.97. The Bertz CT molecular complexity index is 117. The van der Waals surface area contributed by atoms with Crippen LogP contribution in [-0.2, 0) is 4.74 Å². The third-order valence-electron chi connectivity index (χ3n) is 1.87. The summed E-state index contributed by atoms with van der Waals surface area (Å²) in [5.41, 5.74) is 0. The molecule has 0 amide bonds. The molecule has 3 nitrogen and oxygen atoms in total. The Balaban J connectivity index is 2.29. The summed E-state index contributed by atoms with van der Waals surface area (Å²) in [7, 11) is 0. The molecule has 0 spiro atoms. The molecule has 0 aliphatic carbocycles. The van der Waals surface area contributed by atoms with Crippen molar-refractivity contribution in [3.8, 4) is 0 Å². The van der Waals surface area contributed by atoms with E-state index < -0.39 is 0 Å². The fourth-order valence-electron chi connectivity index (χ4n) is 1.31. The fourth-order valence-corrected chi connectivity index (χ4v) is 1.31. The standard InChI is InChI=1S/C8H17NO2/c1-6(2)9-7-5-11-4-3-8(7)10/h6-10H,3-5H2,1-2H3. The van der Waals surface area contributed by atoms with Crippen LogP contribution >= 0.6 is 0 Å². The van der Waals surface area contributed by atoms with Gasteiger partial charge in [-0.3, -0.25) is 0 Å². The summed E-state index contributed by atoms with van der Waals surface area (Å²) in [5, 5.41) is 12.7. The van der Waals surface area contributed by atoms with E-state index in [0.717, 1.165) is 6.42 Å². The first-order valence-electron chi connectivity index (χ1n) is 4.22. The molecule has 66 valence electrons. The van der Waals surface area contributed by atoms with E-state index in [1.165, 1.54) is 0 Å². The molecule has 0 bridgehead atoms. The lowest BCUT2D eigenvalue weighted by Crippen LogP contribution is -2.49. The summed E-state index contributed by atoms with van der Waals surface area (Å²) < 4.78 is 5.23. The Morgan fingerprint density at radius 2 is 2.27 bits per heavy atom. The van der Waals surface area contributed by atoms with E-state index in [0.29, 0.717) is 19.3 Å². The maximum Gasteiger partial charge on any atom is 0.0737 e. The minimum absolute atomic E-state index is 0.128. The van der Waals surface area contributed by atoms with E-state index >= 15 is 0 Å². The van der Waals surface area contributed by atoms with E-state index in [-0.39, 0.29) is 12.1 Å². The number of rotatable bonds is 2. The smallest absolute Gasteiger partial charge is 0.0737 e. The summed E-state index contributed by atoms with van der Waals surface area (Å²) in [6.45, 7) is 5.47. The van der Waals surface area contributed by atoms with Gasteiger partial charge in [-0.25, -0.2) is 0 Å². The summed E-state index contributed by atoms with van der Waals surface area (Å²) in [5.74, 6) is 0. The van der Waals surface area contributed by atoms with Crippen molar-refractivity contribution in [3.63, 3.8) is 0 Å². The molecule has 0 saturated carbocycles. The van der Waals surface area contributed by atoms with Crippen molar-refractivity contribution in [2.45, 2.75) is 38.5 Å². The molecule has 1 heterocycles. The van der Waals surface area contributed by atoms with Gasteiger partial charge in [0.25, 0.3) is 0 Å². The van der Waals surface area contributed by atoms with Crippen molar-refractivity contribution in [1.29, 1.82) is 0 Å². The van der Waals surface area contributed by atoms with Crippen LogP contribution in [0.1, 0.15) is 20.3 Å². The SMILES string of the molecule is CC(C)NC1COCCC1O. The summed E-state index contributed by atoms with van der Waals surface area (Å²) in [6, 6.07) is 0.542. The first-order chi connectivity index (χ1) is 5.20. The third kappa shape index (κ3) is 2.77. The van der Waals surface area contributed by atoms with E-state index in [4.69, 9.17) is 4.74 Å². The van der Waals surface area contributed by atoms with Gasteiger partial charge in [-0.15, -0.1) is 0 Å². The van der Waals surface area contributed by atoms with Crippen LogP contribution in [0.25, 0.3) is 0 Å². The number of nitrogens with one attached hydrogen (secondary N) is 1. The Hall–Kier alpha value is -0.120. The summed E-state index contributed by atoms with van der Waals surface area (Å²) in [4.78, 5) is 0. The van der Waals surface area contributed by atoms with Gasteiger partial charge in [0.2, 0.25) is 0 Å². The molecule has 2 N–H and O–H groups in total. The molecule has 1 rings (SSSR count). The lowest BCUT2D eigenvalue weighted by Gasteiger charge is -2.30. The van der Waals surface area contributed by atoms with Crippen LogP contribution < -0.4 is 5.32 Å². The predicted octanol–water partition coefficient (Wildman–Crippen LogP) is 0.134. The average Bonchev–Trinajstić information content (AvgIpc) is 1.93. The minimum Gasteiger partial charge on any atom is -0.391 e. The average molecular weight is 159 g/mol. The largest absolute Gasteiger partial charge is 0.391 e. The predicted molar refractivity (Wildman–Crippen MR) is 43.5 cm³/mol. The highest BCUT2D eigenvalue weighted by Gasteiger charge is 2.23. The highest BCUT2D eigenvalue weighted by Crippen LogP contribution is 2.07. The van der Waals surface area contributed by atoms with Crippen molar-refractivity contribution >= 4 is 0 Å². The quantitative estimate of drug-likeness (QED) is 0.602. The monoisotopic (exact) mass is 159 g/mol. The summed E-state index contributed by atoms with van der Waals surface area (Å²) in [6.07, 6.45) is 0.524. The zero-order valence-corrected chi connectivity index (χ0v) is 7.21. The van der Waals surface area contributed by atoms with Crippen molar-refractivity contribution in [1.82, 2.24) is 5.32 Å². The molecule has 0 aromatic carbocycles. The maximum absolute atomic E-state index is 9.48. The molecule has 1 saturated heterocycles. The molecular formula is C8H17NO2. The highest BCUT2D eigenvalue weighted by atomic mass is 16.5. The van der Waals surface area contributed by atoms with Crippen LogP contribution in [0, 0.1) is 0 Å². The van der Waals surface area contributed by atoms with Gasteiger partial charge in [0, 0.05) is 12.6 Å². The van der Waals surface area contributed by atoms with Crippen molar-refractivity contribution in [2.75, 3.05) is 13.2 Å². The lowest BCUT2D eigenvalue weighted by atomic mass is 10.1. The molecule has 0 aromatic rings. The minimum atomic E-state index is -0.230. The van der Waals surface area contributed by atoms with Crippen LogP contribution in [0.15, 0.2) is 0 Å². The number of ether oxygens (including phenoxy) is 1. The number of hydrogen-bond donors (Lipinski definition) is 2. The molecule has 1 aliphatic heterocycles. The number of aliphatic hydroxyl groups is 1. The molecule has 2 atom stereocenters. The molecule has 0 aromatic heterocycles. The van der Waals surface area contributed by atoms with Gasteiger partial charge < -0.3 is 15.2 Å². The van der Waals surface area contributed by atoms with E-state index in [1.807, 2.05) is 0 Å². The summed E-state index contributed by atoms with van der Waals surface area (Å²) >= 11 is 0. The second kappa shape index (κ2) is 4.04. The van der Waals surface area contributed by atoms with Gasteiger partial charge >= 0.3 is 0 Å². The number of aliphatic hydroxyl groups excluding tert-OH is 1. The Morgan fingerprint density at radius 1 is 1.55 bits per heavy atom. The van der Waals surface area contributed by atoms with Gasteiger partial charge in [0.05, 0.1) is 18.8 Å². The van der Waals surface area contributed by atoms with E-state index in [2.05, 4.69) is 19.2 Å². The van der Waals surface area contributed by atoms with E-state index in [1.54, 1.807) is 0 Å². The topological polar surface area (TPSA) is 41.5 Å². The van der Waals surface area contributed by atoms with Gasteiger partial charge in [-0.05, 0) is 6.42 Å². The van der Waals surface area contributed by atoms with E-state index in [9.17, 15) is 5.11 Å². The fraction of sp³-hybridized carbons (Fsp3) is 1.00. The molecule has 2 unspecified atom stereocenters. The molecule has 0 radical (unpaired) electrons. The van der Waals surface area contributed by atoms with Crippen molar-refractivity contribution in [2.24, 2.45) is 0 Å². The number of hydrogen-bond acceptors (Lipinski definition) is 3.